The van der Waals surface area contributed by atoms with Gasteiger partial charge in [0.25, 0.3) is 0 Å². The van der Waals surface area contributed by atoms with E-state index in [1.807, 2.05) is 48.5 Å². The number of hydrogen-bond acceptors (Lipinski definition) is 4. The number of benzene rings is 2. The maximum Gasteiger partial charge on any atom is 0.437 e. The predicted molar refractivity (Wildman–Crippen MR) is 85.9 cm³/mol. The summed E-state index contributed by atoms with van der Waals surface area (Å²) >= 11 is 0. The van der Waals surface area contributed by atoms with E-state index in [-0.39, 0.29) is 0 Å². The first-order chi connectivity index (χ1) is 10.8. The van der Waals surface area contributed by atoms with E-state index in [1.54, 1.807) is 18.3 Å². The Bertz CT molecular complexity index is 811. The molecule has 0 spiro atoms. The quantitative estimate of drug-likeness (QED) is 0.453. The molecule has 3 rings (SSSR count). The molecule has 2 aromatic carbocycles. The number of nitrogens with zero attached hydrogens (tertiary/aromatic N) is 2. The van der Waals surface area contributed by atoms with E-state index in [0.717, 1.165) is 10.8 Å². The Morgan fingerprint density at radius 3 is 2.73 bits per heavy atom. The lowest BCUT2D eigenvalue weighted by Crippen LogP contribution is -2.11. The zero-order valence-electron chi connectivity index (χ0n) is 11.6. The summed E-state index contributed by atoms with van der Waals surface area (Å²) in [7, 11) is 0. The van der Waals surface area contributed by atoms with E-state index >= 15 is 0 Å². The van der Waals surface area contributed by atoms with Crippen molar-refractivity contribution in [3.63, 3.8) is 0 Å². The normalized spacial score (nSPS) is 10.7. The van der Waals surface area contributed by atoms with Crippen LogP contribution in [0.5, 0.6) is 0 Å². The molecule has 0 radical (unpaired) electrons. The van der Waals surface area contributed by atoms with Gasteiger partial charge in [0, 0.05) is 11.6 Å². The van der Waals surface area contributed by atoms with Crippen molar-refractivity contribution >= 4 is 28.8 Å². The van der Waals surface area contributed by atoms with Crippen molar-refractivity contribution in [1.82, 2.24) is 4.98 Å². The summed E-state index contributed by atoms with van der Waals surface area (Å²) in [6.07, 6.45) is 2.36. The number of carbonyl (C=O) groups is 1. The summed E-state index contributed by atoms with van der Waals surface area (Å²) in [5.41, 5.74) is 1.29. The molecule has 0 saturated carbocycles. The van der Waals surface area contributed by atoms with Crippen molar-refractivity contribution in [2.75, 3.05) is 5.32 Å². The molecule has 3 aromatic rings. The van der Waals surface area contributed by atoms with Crippen LogP contribution in [0.25, 0.3) is 10.8 Å². The van der Waals surface area contributed by atoms with Crippen molar-refractivity contribution in [3.8, 4) is 0 Å². The number of carbonyl (C=O) groups excluding carboxylic acids is 1. The number of rotatable bonds is 3. The molecule has 0 fully saturated rings. The molecule has 0 unspecified atom stereocenters. The van der Waals surface area contributed by atoms with Gasteiger partial charge >= 0.3 is 6.09 Å². The minimum atomic E-state index is -0.650. The van der Waals surface area contributed by atoms with Gasteiger partial charge in [0.05, 0.1) is 17.6 Å². The molecule has 0 aliphatic heterocycles. The predicted octanol–water partition coefficient (Wildman–Crippen LogP) is 3.82. The lowest BCUT2D eigenvalue weighted by molar-refractivity contribution is 0.167. The Labute approximate surface area is 127 Å². The molecule has 1 aromatic heterocycles. The molecule has 0 bridgehead atoms. The molecule has 0 atom stereocenters. The van der Waals surface area contributed by atoms with E-state index < -0.39 is 6.09 Å². The molecule has 5 nitrogen and oxygen atoms in total. The Morgan fingerprint density at radius 1 is 1.05 bits per heavy atom. The van der Waals surface area contributed by atoms with Crippen molar-refractivity contribution < 1.29 is 9.63 Å². The number of nitrogens with one attached hydrogen (secondary N) is 1. The summed E-state index contributed by atoms with van der Waals surface area (Å²) in [4.78, 5) is 20.6. The van der Waals surface area contributed by atoms with Crippen molar-refractivity contribution in [3.05, 3.63) is 72.6 Å². The molecule has 5 heteroatoms. The van der Waals surface area contributed by atoms with Crippen LogP contribution in [0.3, 0.4) is 0 Å². The van der Waals surface area contributed by atoms with Gasteiger partial charge < -0.3 is 0 Å². The molecule has 1 amide bonds. The Morgan fingerprint density at radius 2 is 1.86 bits per heavy atom. The van der Waals surface area contributed by atoms with Gasteiger partial charge in [-0.3, -0.25) is 15.1 Å². The van der Waals surface area contributed by atoms with Crippen molar-refractivity contribution in [1.29, 1.82) is 0 Å². The average Bonchev–Trinajstić information content (AvgIpc) is 2.56. The first kappa shape index (κ1) is 13.8. The van der Waals surface area contributed by atoms with Crippen LogP contribution >= 0.6 is 0 Å². The van der Waals surface area contributed by atoms with Crippen molar-refractivity contribution in [2.24, 2.45) is 5.16 Å². The molecular weight excluding hydrogens is 278 g/mol. The van der Waals surface area contributed by atoms with Gasteiger partial charge in [-0.15, -0.1) is 0 Å². The number of aromatic nitrogens is 1. The van der Waals surface area contributed by atoms with E-state index in [1.165, 1.54) is 6.21 Å². The van der Waals surface area contributed by atoms with E-state index in [0.29, 0.717) is 11.4 Å². The smallest absolute Gasteiger partial charge is 0.298 e. The van der Waals surface area contributed by atoms with Crippen LogP contribution in [-0.2, 0) is 4.84 Å². The molecule has 1 heterocycles. The van der Waals surface area contributed by atoms with E-state index in [9.17, 15) is 4.79 Å². The monoisotopic (exact) mass is 291 g/mol. The standard InChI is InChI=1S/C17H13N3O2/c21-17(22-19-12-14-8-3-4-11-18-14)20-16-10-5-7-13-6-1-2-9-15(13)16/h1-12H,(H,20,21)/b19-12-. The number of pyridine rings is 1. The second-order valence-electron chi connectivity index (χ2n) is 4.52. The van der Waals surface area contributed by atoms with E-state index in [4.69, 9.17) is 4.84 Å². The zero-order chi connectivity index (χ0) is 15.2. The summed E-state index contributed by atoms with van der Waals surface area (Å²) in [6.45, 7) is 0. The number of anilines is 1. The number of oxime groups is 1. The second kappa shape index (κ2) is 6.49. The minimum absolute atomic E-state index is 0.612. The van der Waals surface area contributed by atoms with Crippen LogP contribution in [0.15, 0.2) is 72.0 Å². The molecule has 108 valence electrons. The second-order valence-corrected chi connectivity index (χ2v) is 4.52. The molecule has 1 N–H and O–H groups in total. The first-order valence-electron chi connectivity index (χ1n) is 6.73. The third kappa shape index (κ3) is 3.27. The molecule has 22 heavy (non-hydrogen) atoms. The van der Waals surface area contributed by atoms with Gasteiger partial charge in [-0.1, -0.05) is 47.6 Å². The lowest BCUT2D eigenvalue weighted by Gasteiger charge is -2.06. The summed E-state index contributed by atoms with van der Waals surface area (Å²) < 4.78 is 0. The Kier molecular flexibility index (Phi) is 4.06. The third-order valence-electron chi connectivity index (χ3n) is 3.03. The van der Waals surface area contributed by atoms with E-state index in [2.05, 4.69) is 15.5 Å². The molecule has 0 aliphatic rings. The number of fused-ring (bicyclic) bond motifs is 1. The number of amides is 1. The highest BCUT2D eigenvalue weighted by Gasteiger charge is 2.05. The van der Waals surface area contributed by atoms with Gasteiger partial charge in [-0.05, 0) is 23.6 Å². The highest BCUT2D eigenvalue weighted by atomic mass is 16.7. The number of hydrogen-bond donors (Lipinski definition) is 1. The van der Waals surface area contributed by atoms with Gasteiger partial charge in [0.1, 0.15) is 0 Å². The fraction of sp³-hybridized carbons (Fsp3) is 0. The lowest BCUT2D eigenvalue weighted by atomic mass is 10.1. The minimum Gasteiger partial charge on any atom is -0.298 e. The van der Waals surface area contributed by atoms with Crippen LogP contribution in [0, 0.1) is 0 Å². The topological polar surface area (TPSA) is 63.6 Å². The Hall–Kier alpha value is -3.21. The molecular formula is C17H13N3O2. The first-order valence-corrected chi connectivity index (χ1v) is 6.73. The molecule has 0 aliphatic carbocycles. The maximum atomic E-state index is 11.8. The summed E-state index contributed by atoms with van der Waals surface area (Å²) in [5.74, 6) is 0. The SMILES string of the molecule is O=C(Nc1cccc2ccccc12)O/N=C\c1ccccn1. The fourth-order valence-electron chi connectivity index (χ4n) is 2.05. The van der Waals surface area contributed by atoms with Crippen LogP contribution in [0.1, 0.15) is 5.69 Å². The van der Waals surface area contributed by atoms with Gasteiger partial charge in [-0.25, -0.2) is 4.79 Å². The Balaban J connectivity index is 1.67. The molecule has 0 saturated heterocycles. The van der Waals surface area contributed by atoms with Gasteiger partial charge in [0.2, 0.25) is 0 Å². The van der Waals surface area contributed by atoms with Crippen LogP contribution < -0.4 is 5.32 Å². The van der Waals surface area contributed by atoms with Crippen molar-refractivity contribution in [2.45, 2.75) is 0 Å². The highest BCUT2D eigenvalue weighted by Crippen LogP contribution is 2.22. The summed E-state index contributed by atoms with van der Waals surface area (Å²) in [6, 6.07) is 18.8. The zero-order valence-corrected chi connectivity index (χ0v) is 11.6. The van der Waals surface area contributed by atoms with Crippen LogP contribution in [0.4, 0.5) is 10.5 Å². The fourth-order valence-corrected chi connectivity index (χ4v) is 2.05. The maximum absolute atomic E-state index is 11.8. The highest BCUT2D eigenvalue weighted by molar-refractivity contribution is 6.00. The van der Waals surface area contributed by atoms with Gasteiger partial charge in [-0.2, -0.15) is 0 Å². The average molecular weight is 291 g/mol. The third-order valence-corrected chi connectivity index (χ3v) is 3.03. The van der Waals surface area contributed by atoms with Crippen LogP contribution in [0.2, 0.25) is 0 Å². The largest absolute Gasteiger partial charge is 0.437 e. The van der Waals surface area contributed by atoms with Crippen LogP contribution in [-0.4, -0.2) is 17.3 Å². The summed E-state index contributed by atoms with van der Waals surface area (Å²) in [5, 5.41) is 8.27. The van der Waals surface area contributed by atoms with Gasteiger partial charge in [0.15, 0.2) is 0 Å².